The van der Waals surface area contributed by atoms with Crippen LogP contribution in [0.5, 0.6) is 0 Å². The number of nitrogens with one attached hydrogen (secondary N) is 1. The fourth-order valence-electron chi connectivity index (χ4n) is 4.38. The van der Waals surface area contributed by atoms with E-state index < -0.39 is 0 Å². The molecule has 0 atom stereocenters. The molecule has 1 aromatic heterocycles. The minimum Gasteiger partial charge on any atom is -0.462 e. The van der Waals surface area contributed by atoms with Crippen LogP contribution in [0.3, 0.4) is 0 Å². The number of piperidine rings is 1. The summed E-state index contributed by atoms with van der Waals surface area (Å²) in [7, 11) is 0. The fraction of sp³-hybridized carbons (Fsp3) is 0.708. The molecule has 2 saturated carbocycles. The van der Waals surface area contributed by atoms with Crippen molar-refractivity contribution in [1.29, 1.82) is 0 Å². The topological polar surface area (TPSA) is 71.5 Å². The predicted octanol–water partition coefficient (Wildman–Crippen LogP) is 4.57. The third-order valence-electron chi connectivity index (χ3n) is 6.43. The molecule has 3 fully saturated rings. The number of rotatable bonds is 8. The van der Waals surface area contributed by atoms with Crippen LogP contribution in [0.4, 0.5) is 5.82 Å². The maximum Gasteiger partial charge on any atom is 0.309 e. The Morgan fingerprint density at radius 1 is 1.10 bits per heavy atom. The number of hydrogen-bond donors (Lipinski definition) is 1. The van der Waals surface area contributed by atoms with E-state index in [0.717, 1.165) is 74.6 Å². The Kier molecular flexibility index (Phi) is 7.75. The van der Waals surface area contributed by atoms with E-state index >= 15 is 0 Å². The van der Waals surface area contributed by atoms with E-state index in [1.807, 2.05) is 12.1 Å². The second-order valence-electron chi connectivity index (χ2n) is 9.08. The van der Waals surface area contributed by atoms with Gasteiger partial charge in [-0.2, -0.15) is 0 Å². The van der Waals surface area contributed by atoms with Crippen LogP contribution in [-0.4, -0.2) is 47.8 Å². The number of thioether (sulfide) groups is 1. The van der Waals surface area contributed by atoms with Gasteiger partial charge in [-0.05, 0) is 50.0 Å². The number of ether oxygens (including phenoxy) is 1. The molecule has 0 aromatic carbocycles. The molecular formula is C24H35N3O3S. The molecule has 1 aromatic rings. The third kappa shape index (κ3) is 6.15. The first kappa shape index (κ1) is 22.4. The lowest BCUT2D eigenvalue weighted by Crippen LogP contribution is -2.39. The van der Waals surface area contributed by atoms with Gasteiger partial charge < -0.3 is 15.0 Å². The van der Waals surface area contributed by atoms with Gasteiger partial charge in [0, 0.05) is 32.0 Å². The van der Waals surface area contributed by atoms with Crippen molar-refractivity contribution >= 4 is 29.5 Å². The van der Waals surface area contributed by atoms with E-state index in [-0.39, 0.29) is 23.9 Å². The van der Waals surface area contributed by atoms with Gasteiger partial charge in [-0.1, -0.05) is 26.2 Å². The van der Waals surface area contributed by atoms with Crippen molar-refractivity contribution in [3.8, 4) is 0 Å². The highest BCUT2D eigenvalue weighted by atomic mass is 32.2. The molecule has 1 amide bonds. The largest absolute Gasteiger partial charge is 0.462 e. The summed E-state index contributed by atoms with van der Waals surface area (Å²) in [6.07, 6.45) is 10.5. The summed E-state index contributed by atoms with van der Waals surface area (Å²) in [5, 5.41) is 4.06. The summed E-state index contributed by atoms with van der Waals surface area (Å²) >= 11 is 1.67. The molecule has 3 aliphatic rings. The van der Waals surface area contributed by atoms with E-state index in [1.165, 1.54) is 19.3 Å². The van der Waals surface area contributed by atoms with Gasteiger partial charge in [0.15, 0.2) is 0 Å². The SMILES string of the molecule is CCCSc1nc(N2CCC(OC(=O)C3CC3)CC2)ccc1C(=O)NC1CCCCC1. The van der Waals surface area contributed by atoms with E-state index in [0.29, 0.717) is 11.6 Å². The Bertz CT molecular complexity index is 769. The van der Waals surface area contributed by atoms with Crippen molar-refractivity contribution in [2.24, 2.45) is 5.92 Å². The molecule has 31 heavy (non-hydrogen) atoms. The average Bonchev–Trinajstić information content (AvgIpc) is 3.64. The van der Waals surface area contributed by atoms with E-state index in [2.05, 4.69) is 17.1 Å². The van der Waals surface area contributed by atoms with Crippen LogP contribution in [0.1, 0.15) is 81.5 Å². The van der Waals surface area contributed by atoms with Gasteiger partial charge in [0.1, 0.15) is 16.9 Å². The monoisotopic (exact) mass is 445 g/mol. The first-order valence-corrected chi connectivity index (χ1v) is 13.0. The molecule has 2 aliphatic carbocycles. The van der Waals surface area contributed by atoms with Crippen LogP contribution in [0, 0.1) is 5.92 Å². The van der Waals surface area contributed by atoms with Crippen molar-refractivity contribution in [2.75, 3.05) is 23.7 Å². The summed E-state index contributed by atoms with van der Waals surface area (Å²) in [6.45, 7) is 3.79. The minimum absolute atomic E-state index is 0.00949. The van der Waals surface area contributed by atoms with E-state index in [9.17, 15) is 9.59 Å². The van der Waals surface area contributed by atoms with Crippen molar-refractivity contribution in [3.63, 3.8) is 0 Å². The van der Waals surface area contributed by atoms with Gasteiger partial charge in [-0.3, -0.25) is 9.59 Å². The normalized spacial score (nSPS) is 20.5. The van der Waals surface area contributed by atoms with Crippen LogP contribution in [0.15, 0.2) is 17.2 Å². The molecule has 0 bridgehead atoms. The molecule has 1 saturated heterocycles. The maximum absolute atomic E-state index is 13.0. The number of esters is 1. The number of amides is 1. The minimum atomic E-state index is -0.0110. The number of pyridine rings is 1. The molecule has 2 heterocycles. The standard InChI is InChI=1S/C24H35N3O3S/c1-2-16-31-23-20(22(28)25-18-6-4-3-5-7-18)10-11-21(26-23)27-14-12-19(13-15-27)30-24(29)17-8-9-17/h10-11,17-19H,2-9,12-16H2,1H3,(H,25,28). The number of hydrogen-bond acceptors (Lipinski definition) is 6. The van der Waals surface area contributed by atoms with Crippen LogP contribution < -0.4 is 10.2 Å². The first-order valence-electron chi connectivity index (χ1n) is 12.0. The van der Waals surface area contributed by atoms with Crippen molar-refractivity contribution < 1.29 is 14.3 Å². The molecule has 7 heteroatoms. The van der Waals surface area contributed by atoms with Crippen LogP contribution in [0.25, 0.3) is 0 Å². The molecule has 1 aliphatic heterocycles. The quantitative estimate of drug-likeness (QED) is 0.467. The molecule has 0 spiro atoms. The van der Waals surface area contributed by atoms with Gasteiger partial charge in [-0.25, -0.2) is 4.98 Å². The first-order chi connectivity index (χ1) is 15.1. The predicted molar refractivity (Wildman–Crippen MR) is 124 cm³/mol. The van der Waals surface area contributed by atoms with Crippen molar-refractivity contribution in [2.45, 2.75) is 88.3 Å². The Labute approximate surface area is 189 Å². The lowest BCUT2D eigenvalue weighted by Gasteiger charge is -2.33. The highest BCUT2D eigenvalue weighted by Crippen LogP contribution is 2.32. The second-order valence-corrected chi connectivity index (χ2v) is 10.2. The highest BCUT2D eigenvalue weighted by molar-refractivity contribution is 7.99. The summed E-state index contributed by atoms with van der Waals surface area (Å²) in [5.74, 6) is 2.02. The number of anilines is 1. The van der Waals surface area contributed by atoms with Crippen LogP contribution in [0.2, 0.25) is 0 Å². The van der Waals surface area contributed by atoms with Crippen molar-refractivity contribution in [1.82, 2.24) is 10.3 Å². The Balaban J connectivity index is 1.38. The van der Waals surface area contributed by atoms with Crippen molar-refractivity contribution in [3.05, 3.63) is 17.7 Å². The maximum atomic E-state index is 13.0. The number of aromatic nitrogens is 1. The zero-order valence-electron chi connectivity index (χ0n) is 18.6. The molecule has 170 valence electrons. The summed E-state index contributed by atoms with van der Waals surface area (Å²) in [4.78, 5) is 32.0. The zero-order valence-corrected chi connectivity index (χ0v) is 19.4. The summed E-state index contributed by atoms with van der Waals surface area (Å²) < 4.78 is 5.66. The lowest BCUT2D eigenvalue weighted by molar-refractivity contribution is -0.151. The van der Waals surface area contributed by atoms with E-state index in [4.69, 9.17) is 9.72 Å². The Hall–Kier alpha value is -1.76. The Morgan fingerprint density at radius 2 is 1.84 bits per heavy atom. The van der Waals surface area contributed by atoms with Gasteiger partial charge in [0.25, 0.3) is 5.91 Å². The van der Waals surface area contributed by atoms with Gasteiger partial charge in [-0.15, -0.1) is 11.8 Å². The number of carbonyl (C=O) groups is 2. The molecular weight excluding hydrogens is 410 g/mol. The molecule has 1 N–H and O–H groups in total. The molecule has 0 radical (unpaired) electrons. The third-order valence-corrected chi connectivity index (χ3v) is 7.63. The number of carbonyl (C=O) groups excluding carboxylic acids is 2. The summed E-state index contributed by atoms with van der Waals surface area (Å²) in [5.41, 5.74) is 0.695. The average molecular weight is 446 g/mol. The Morgan fingerprint density at radius 3 is 2.52 bits per heavy atom. The van der Waals surface area contributed by atoms with E-state index in [1.54, 1.807) is 11.8 Å². The molecule has 6 nitrogen and oxygen atoms in total. The van der Waals surface area contributed by atoms with Gasteiger partial charge >= 0.3 is 5.97 Å². The lowest BCUT2D eigenvalue weighted by atomic mass is 9.95. The summed E-state index contributed by atoms with van der Waals surface area (Å²) in [6, 6.07) is 4.21. The zero-order chi connectivity index (χ0) is 21.6. The van der Waals surface area contributed by atoms with Gasteiger partial charge in [0.2, 0.25) is 0 Å². The second kappa shape index (κ2) is 10.7. The van der Waals surface area contributed by atoms with Crippen LogP contribution in [-0.2, 0) is 9.53 Å². The fourth-order valence-corrected chi connectivity index (χ4v) is 5.25. The van der Waals surface area contributed by atoms with Gasteiger partial charge in [0.05, 0.1) is 11.5 Å². The van der Waals surface area contributed by atoms with Crippen LogP contribution >= 0.6 is 11.8 Å². The smallest absolute Gasteiger partial charge is 0.309 e. The molecule has 4 rings (SSSR count). The number of nitrogens with zero attached hydrogens (tertiary/aromatic N) is 2. The molecule has 0 unspecified atom stereocenters. The highest BCUT2D eigenvalue weighted by Gasteiger charge is 2.34.